The van der Waals surface area contributed by atoms with E-state index in [0.29, 0.717) is 30.0 Å². The molecule has 0 atom stereocenters. The number of aromatic nitrogens is 4. The molecule has 10 nitrogen and oxygen atoms in total. The minimum Gasteiger partial charge on any atom is -0.381 e. The molecule has 0 unspecified atom stereocenters. The summed E-state index contributed by atoms with van der Waals surface area (Å²) in [6.07, 6.45) is 2.96. The van der Waals surface area contributed by atoms with Crippen molar-refractivity contribution in [2.45, 2.75) is 11.8 Å². The molecule has 1 aliphatic heterocycles. The highest BCUT2D eigenvalue weighted by molar-refractivity contribution is 7.89. The summed E-state index contributed by atoms with van der Waals surface area (Å²) in [4.78, 5) is 11.0. The van der Waals surface area contributed by atoms with Gasteiger partial charge in [-0.2, -0.15) is 5.10 Å². The lowest BCUT2D eigenvalue weighted by Crippen LogP contribution is -2.52. The Labute approximate surface area is 156 Å². The van der Waals surface area contributed by atoms with Crippen LogP contribution < -0.4 is 15.9 Å². The van der Waals surface area contributed by atoms with E-state index in [1.807, 2.05) is 6.92 Å². The van der Waals surface area contributed by atoms with Crippen molar-refractivity contribution in [2.75, 3.05) is 31.9 Å². The number of nitrogen functional groups attached to an aromatic ring is 1. The Morgan fingerprint density at radius 2 is 2.00 bits per heavy atom. The number of rotatable bonds is 4. The van der Waals surface area contributed by atoms with Crippen LogP contribution in [0.4, 0.5) is 5.82 Å². The lowest BCUT2D eigenvalue weighted by molar-refractivity contribution is 0.211. The molecule has 0 amide bonds. The molecule has 1 fully saturated rings. The van der Waals surface area contributed by atoms with Crippen LogP contribution in [0, 0.1) is 6.92 Å². The number of piperazine rings is 1. The number of hydrogen-bond donors (Lipinski definition) is 3. The molecule has 3 aromatic rings. The number of anilines is 1. The maximum atomic E-state index is 12.8. The third kappa shape index (κ3) is 3.37. The fourth-order valence-corrected chi connectivity index (χ4v) is 4.19. The van der Waals surface area contributed by atoms with E-state index in [4.69, 9.17) is 5.73 Å². The van der Waals surface area contributed by atoms with Crippen LogP contribution in [0.3, 0.4) is 0 Å². The highest BCUT2D eigenvalue weighted by atomic mass is 32.2. The Bertz CT molecular complexity index is 1090. The highest BCUT2D eigenvalue weighted by Crippen LogP contribution is 2.27. The Kier molecular flexibility index (Phi) is 4.52. The number of sulfonamides is 1. The van der Waals surface area contributed by atoms with Gasteiger partial charge in [0.15, 0.2) is 11.5 Å². The van der Waals surface area contributed by atoms with Crippen LogP contribution in [-0.2, 0) is 10.0 Å². The SMILES string of the molecule is Cc1ccc(S(=O)(=O)NN2CCNCC2)cc1-c1cnc2c(N)ncnn12. The first-order valence-corrected chi connectivity index (χ1v) is 9.97. The van der Waals surface area contributed by atoms with Crippen LogP contribution in [0.2, 0.25) is 0 Å². The van der Waals surface area contributed by atoms with Gasteiger partial charge in [-0.1, -0.05) is 6.07 Å². The van der Waals surface area contributed by atoms with Crippen molar-refractivity contribution in [3.63, 3.8) is 0 Å². The van der Waals surface area contributed by atoms with Crippen molar-refractivity contribution < 1.29 is 8.42 Å². The smallest absolute Gasteiger partial charge is 0.253 e. The minimum atomic E-state index is -3.69. The second-order valence-electron chi connectivity index (χ2n) is 6.33. The summed E-state index contributed by atoms with van der Waals surface area (Å²) in [6, 6.07) is 4.99. The van der Waals surface area contributed by atoms with Gasteiger partial charge >= 0.3 is 0 Å². The molecular weight excluding hydrogens is 368 g/mol. The van der Waals surface area contributed by atoms with E-state index in [1.54, 1.807) is 33.9 Å². The number of nitrogens with zero attached hydrogens (tertiary/aromatic N) is 5. The molecule has 3 heterocycles. The first-order valence-electron chi connectivity index (χ1n) is 8.49. The van der Waals surface area contributed by atoms with E-state index in [1.165, 1.54) is 6.33 Å². The fourth-order valence-electron chi connectivity index (χ4n) is 3.04. The highest BCUT2D eigenvalue weighted by Gasteiger charge is 2.22. The van der Waals surface area contributed by atoms with Gasteiger partial charge in [-0.25, -0.2) is 27.9 Å². The number of imidazole rings is 1. The van der Waals surface area contributed by atoms with Crippen LogP contribution in [0.1, 0.15) is 5.56 Å². The number of nitrogens with two attached hydrogens (primary N) is 1. The molecule has 4 N–H and O–H groups in total. The summed E-state index contributed by atoms with van der Waals surface area (Å²) in [5.74, 6) is 0.262. The largest absolute Gasteiger partial charge is 0.381 e. The van der Waals surface area contributed by atoms with Gasteiger partial charge in [0.1, 0.15) is 6.33 Å². The van der Waals surface area contributed by atoms with Gasteiger partial charge in [0.2, 0.25) is 0 Å². The quantitative estimate of drug-likeness (QED) is 0.559. The van der Waals surface area contributed by atoms with E-state index in [-0.39, 0.29) is 10.7 Å². The van der Waals surface area contributed by atoms with Crippen LogP contribution >= 0.6 is 0 Å². The van der Waals surface area contributed by atoms with E-state index >= 15 is 0 Å². The summed E-state index contributed by atoms with van der Waals surface area (Å²) in [7, 11) is -3.69. The lowest BCUT2D eigenvalue weighted by Gasteiger charge is -2.27. The summed E-state index contributed by atoms with van der Waals surface area (Å²) >= 11 is 0. The maximum Gasteiger partial charge on any atom is 0.253 e. The molecule has 1 aromatic carbocycles. The van der Waals surface area contributed by atoms with Crippen molar-refractivity contribution in [3.8, 4) is 11.3 Å². The zero-order valence-corrected chi connectivity index (χ0v) is 15.6. The molecule has 11 heteroatoms. The van der Waals surface area contributed by atoms with Crippen molar-refractivity contribution in [1.29, 1.82) is 0 Å². The molecule has 0 radical (unpaired) electrons. The van der Waals surface area contributed by atoms with Crippen LogP contribution in [0.25, 0.3) is 16.9 Å². The molecule has 0 aliphatic carbocycles. The molecule has 2 aromatic heterocycles. The average Bonchev–Trinajstić information content (AvgIpc) is 3.08. The van der Waals surface area contributed by atoms with E-state index in [9.17, 15) is 8.42 Å². The first kappa shape index (κ1) is 17.8. The van der Waals surface area contributed by atoms with Gasteiger partial charge in [0, 0.05) is 31.7 Å². The lowest BCUT2D eigenvalue weighted by atomic mass is 10.1. The van der Waals surface area contributed by atoms with Crippen molar-refractivity contribution in [2.24, 2.45) is 0 Å². The van der Waals surface area contributed by atoms with Crippen LogP contribution in [0.15, 0.2) is 35.6 Å². The number of benzene rings is 1. The number of hydrogen-bond acceptors (Lipinski definition) is 8. The van der Waals surface area contributed by atoms with Gasteiger partial charge in [-0.05, 0) is 24.6 Å². The standard InChI is InChI=1S/C16H20N8O2S/c1-11-2-3-12(27(25,26)22-23-6-4-18-5-7-23)8-13(11)14-9-19-16-15(17)20-10-21-24(14)16/h2-3,8-10,18,22H,4-7H2,1H3,(H2,17,20,21). The van der Waals surface area contributed by atoms with Crippen LogP contribution in [-0.4, -0.2) is 59.2 Å². The minimum absolute atomic E-state index is 0.179. The number of nitrogens with one attached hydrogen (secondary N) is 2. The molecule has 1 aliphatic rings. The molecule has 0 bridgehead atoms. The zero-order valence-electron chi connectivity index (χ0n) is 14.8. The Morgan fingerprint density at radius 3 is 2.78 bits per heavy atom. The third-order valence-electron chi connectivity index (χ3n) is 4.49. The molecule has 142 valence electrons. The molecule has 1 saturated heterocycles. The second kappa shape index (κ2) is 6.85. The van der Waals surface area contributed by atoms with Crippen LogP contribution in [0.5, 0.6) is 0 Å². The fraction of sp³-hybridized carbons (Fsp3) is 0.312. The summed E-state index contributed by atoms with van der Waals surface area (Å²) in [5.41, 5.74) is 8.53. The van der Waals surface area contributed by atoms with Gasteiger partial charge < -0.3 is 11.1 Å². The van der Waals surface area contributed by atoms with Crippen molar-refractivity contribution >= 4 is 21.5 Å². The number of hydrazine groups is 1. The second-order valence-corrected chi connectivity index (χ2v) is 7.99. The molecule has 0 spiro atoms. The molecule has 27 heavy (non-hydrogen) atoms. The number of fused-ring (bicyclic) bond motifs is 1. The summed E-state index contributed by atoms with van der Waals surface area (Å²) in [6.45, 7) is 4.61. The summed E-state index contributed by atoms with van der Waals surface area (Å²) in [5, 5.41) is 9.08. The third-order valence-corrected chi connectivity index (χ3v) is 5.87. The Morgan fingerprint density at radius 1 is 1.22 bits per heavy atom. The van der Waals surface area contributed by atoms with E-state index in [0.717, 1.165) is 18.7 Å². The average molecular weight is 388 g/mol. The van der Waals surface area contributed by atoms with Gasteiger partial charge in [-0.3, -0.25) is 0 Å². The zero-order chi connectivity index (χ0) is 19.0. The van der Waals surface area contributed by atoms with Crippen molar-refractivity contribution in [3.05, 3.63) is 36.3 Å². The van der Waals surface area contributed by atoms with E-state index < -0.39 is 10.0 Å². The monoisotopic (exact) mass is 388 g/mol. The topological polar surface area (TPSA) is 131 Å². The number of aryl methyl sites for hydroxylation is 1. The predicted molar refractivity (Wildman–Crippen MR) is 100 cm³/mol. The predicted octanol–water partition coefficient (Wildman–Crippen LogP) is -0.220. The molecule has 0 saturated carbocycles. The molecular formula is C16H20N8O2S. The Hall–Kier alpha value is -2.60. The normalized spacial score (nSPS) is 16.0. The van der Waals surface area contributed by atoms with Gasteiger partial charge in [-0.15, -0.1) is 4.83 Å². The maximum absolute atomic E-state index is 12.8. The summed E-state index contributed by atoms with van der Waals surface area (Å²) < 4.78 is 27.2. The molecule has 4 rings (SSSR count). The van der Waals surface area contributed by atoms with Crippen molar-refractivity contribution in [1.82, 2.24) is 34.7 Å². The Balaban J connectivity index is 1.74. The van der Waals surface area contributed by atoms with Gasteiger partial charge in [0.05, 0.1) is 16.8 Å². The van der Waals surface area contributed by atoms with E-state index in [2.05, 4.69) is 25.2 Å². The van der Waals surface area contributed by atoms with Gasteiger partial charge in [0.25, 0.3) is 10.0 Å². The first-order chi connectivity index (χ1) is 13.0.